The fourth-order valence-corrected chi connectivity index (χ4v) is 2.50. The normalized spacial score (nSPS) is 21.6. The summed E-state index contributed by atoms with van der Waals surface area (Å²) in [6.45, 7) is 10.8. The van der Waals surface area contributed by atoms with Gasteiger partial charge in [0.15, 0.2) is 0 Å². The van der Waals surface area contributed by atoms with Crippen LogP contribution in [-0.4, -0.2) is 49.8 Å². The highest BCUT2D eigenvalue weighted by molar-refractivity contribution is 4.93. The van der Waals surface area contributed by atoms with Crippen molar-refractivity contribution in [3.8, 4) is 0 Å². The van der Waals surface area contributed by atoms with Crippen LogP contribution in [0.4, 0.5) is 0 Å². The minimum Gasteiger partial charge on any atom is -0.379 e. The molecule has 0 aromatic rings. The predicted octanol–water partition coefficient (Wildman–Crippen LogP) is 1.49. The van der Waals surface area contributed by atoms with Gasteiger partial charge in [0.2, 0.25) is 0 Å². The number of ether oxygens (including phenoxy) is 1. The van der Waals surface area contributed by atoms with Crippen LogP contribution < -0.4 is 5.32 Å². The van der Waals surface area contributed by atoms with Gasteiger partial charge in [-0.05, 0) is 27.3 Å². The predicted molar refractivity (Wildman–Crippen MR) is 64.2 cm³/mol. The Morgan fingerprint density at radius 1 is 1.33 bits per heavy atom. The highest BCUT2D eigenvalue weighted by Crippen LogP contribution is 2.23. The van der Waals surface area contributed by atoms with Crippen LogP contribution in [0.2, 0.25) is 0 Å². The molecule has 1 N–H and O–H groups in total. The molecular formula is C12H26N2O. The first kappa shape index (κ1) is 12.9. The monoisotopic (exact) mass is 214 g/mol. The minimum absolute atomic E-state index is 0.231. The topological polar surface area (TPSA) is 24.5 Å². The van der Waals surface area contributed by atoms with Gasteiger partial charge in [0.25, 0.3) is 0 Å². The van der Waals surface area contributed by atoms with Gasteiger partial charge in [-0.1, -0.05) is 13.3 Å². The molecule has 0 radical (unpaired) electrons. The Kier molecular flexibility index (Phi) is 5.03. The maximum atomic E-state index is 5.41. The van der Waals surface area contributed by atoms with E-state index in [9.17, 15) is 0 Å². The molecule has 0 saturated carbocycles. The van der Waals surface area contributed by atoms with Crippen LogP contribution in [0.1, 0.15) is 33.6 Å². The van der Waals surface area contributed by atoms with Crippen molar-refractivity contribution in [2.24, 2.45) is 0 Å². The van der Waals surface area contributed by atoms with E-state index in [1.54, 1.807) is 0 Å². The molecule has 1 saturated heterocycles. The van der Waals surface area contributed by atoms with Crippen LogP contribution in [0.5, 0.6) is 0 Å². The molecule has 0 amide bonds. The second kappa shape index (κ2) is 5.83. The van der Waals surface area contributed by atoms with Gasteiger partial charge in [0, 0.05) is 24.7 Å². The molecule has 1 heterocycles. The van der Waals surface area contributed by atoms with E-state index >= 15 is 0 Å². The molecule has 0 aliphatic carbocycles. The van der Waals surface area contributed by atoms with Crippen LogP contribution in [0.3, 0.4) is 0 Å². The maximum absolute atomic E-state index is 5.41. The average molecular weight is 214 g/mol. The van der Waals surface area contributed by atoms with Crippen LogP contribution in [-0.2, 0) is 4.74 Å². The first-order valence-corrected chi connectivity index (χ1v) is 6.13. The molecular weight excluding hydrogens is 188 g/mol. The zero-order valence-electron chi connectivity index (χ0n) is 10.7. The van der Waals surface area contributed by atoms with Gasteiger partial charge in [-0.15, -0.1) is 0 Å². The number of hydrogen-bond acceptors (Lipinski definition) is 3. The summed E-state index contributed by atoms with van der Waals surface area (Å²) >= 11 is 0. The van der Waals surface area contributed by atoms with Crippen molar-refractivity contribution in [2.75, 3.05) is 33.4 Å². The smallest absolute Gasteiger partial charge is 0.0594 e. The molecule has 0 spiro atoms. The second-order valence-corrected chi connectivity index (χ2v) is 4.88. The lowest BCUT2D eigenvalue weighted by Crippen LogP contribution is -2.59. The largest absolute Gasteiger partial charge is 0.379 e. The van der Waals surface area contributed by atoms with E-state index in [2.05, 4.69) is 38.0 Å². The molecule has 0 aromatic heterocycles. The molecule has 3 heteroatoms. The zero-order chi connectivity index (χ0) is 11.3. The molecule has 1 atom stereocenters. The zero-order valence-corrected chi connectivity index (χ0v) is 10.7. The summed E-state index contributed by atoms with van der Waals surface area (Å²) in [6.07, 6.45) is 2.47. The average Bonchev–Trinajstić information content (AvgIpc) is 2.27. The lowest BCUT2D eigenvalue weighted by molar-refractivity contribution is -0.0235. The lowest BCUT2D eigenvalue weighted by Gasteiger charge is -2.45. The van der Waals surface area contributed by atoms with Gasteiger partial charge in [-0.3, -0.25) is 4.90 Å². The van der Waals surface area contributed by atoms with Gasteiger partial charge in [-0.25, -0.2) is 0 Å². The summed E-state index contributed by atoms with van der Waals surface area (Å²) in [5.41, 5.74) is 0.231. The first-order chi connectivity index (χ1) is 7.12. The number of hydrogen-bond donors (Lipinski definition) is 1. The van der Waals surface area contributed by atoms with Gasteiger partial charge in [0.1, 0.15) is 0 Å². The summed E-state index contributed by atoms with van der Waals surface area (Å²) in [7, 11) is 2.07. The van der Waals surface area contributed by atoms with Gasteiger partial charge < -0.3 is 10.1 Å². The van der Waals surface area contributed by atoms with E-state index in [1.165, 1.54) is 12.8 Å². The van der Waals surface area contributed by atoms with E-state index in [1.807, 2.05) is 0 Å². The molecule has 1 rings (SSSR count). The Morgan fingerprint density at radius 3 is 2.40 bits per heavy atom. The molecule has 1 fully saturated rings. The van der Waals surface area contributed by atoms with Crippen LogP contribution in [0.25, 0.3) is 0 Å². The van der Waals surface area contributed by atoms with Crippen LogP contribution in [0.15, 0.2) is 0 Å². The molecule has 1 aliphatic rings. The fourth-order valence-electron chi connectivity index (χ4n) is 2.50. The Morgan fingerprint density at radius 2 is 1.93 bits per heavy atom. The molecule has 3 nitrogen and oxygen atoms in total. The van der Waals surface area contributed by atoms with Gasteiger partial charge in [0.05, 0.1) is 13.2 Å². The SMILES string of the molecule is CCCC(NC)C(C)(C)N1CCOCC1. The van der Waals surface area contributed by atoms with Crippen molar-refractivity contribution in [2.45, 2.75) is 45.2 Å². The fraction of sp³-hybridized carbons (Fsp3) is 1.00. The Balaban J connectivity index is 2.60. The number of rotatable bonds is 5. The molecule has 0 aromatic carbocycles. The summed E-state index contributed by atoms with van der Waals surface area (Å²) in [6, 6.07) is 0.570. The van der Waals surface area contributed by atoms with Crippen LogP contribution in [0, 0.1) is 0 Å². The van der Waals surface area contributed by atoms with E-state index < -0.39 is 0 Å². The molecule has 1 unspecified atom stereocenters. The summed E-state index contributed by atoms with van der Waals surface area (Å²) in [4.78, 5) is 2.55. The van der Waals surface area contributed by atoms with Crippen molar-refractivity contribution < 1.29 is 4.74 Å². The quantitative estimate of drug-likeness (QED) is 0.750. The maximum Gasteiger partial charge on any atom is 0.0594 e. The summed E-state index contributed by atoms with van der Waals surface area (Å²) in [5, 5.41) is 3.46. The number of nitrogens with one attached hydrogen (secondary N) is 1. The summed E-state index contributed by atoms with van der Waals surface area (Å²) in [5.74, 6) is 0. The molecule has 1 aliphatic heterocycles. The van der Waals surface area contributed by atoms with Crippen molar-refractivity contribution in [3.63, 3.8) is 0 Å². The number of morpholine rings is 1. The Labute approximate surface area is 94.2 Å². The van der Waals surface area contributed by atoms with E-state index in [0.717, 1.165) is 26.3 Å². The van der Waals surface area contributed by atoms with Crippen molar-refractivity contribution in [1.82, 2.24) is 10.2 Å². The molecule has 15 heavy (non-hydrogen) atoms. The highest BCUT2D eigenvalue weighted by Gasteiger charge is 2.34. The van der Waals surface area contributed by atoms with Crippen molar-refractivity contribution in [1.29, 1.82) is 0 Å². The second-order valence-electron chi connectivity index (χ2n) is 4.88. The Hall–Kier alpha value is -0.120. The Bertz CT molecular complexity index is 170. The lowest BCUT2D eigenvalue weighted by atomic mass is 9.89. The molecule has 90 valence electrons. The van der Waals surface area contributed by atoms with Gasteiger partial charge in [-0.2, -0.15) is 0 Å². The van der Waals surface area contributed by atoms with Crippen LogP contribution >= 0.6 is 0 Å². The van der Waals surface area contributed by atoms with Gasteiger partial charge >= 0.3 is 0 Å². The minimum atomic E-state index is 0.231. The first-order valence-electron chi connectivity index (χ1n) is 6.13. The standard InChI is InChI=1S/C12H26N2O/c1-5-6-11(13-4)12(2,3)14-7-9-15-10-8-14/h11,13H,5-10H2,1-4H3. The van der Waals surface area contributed by atoms with E-state index in [-0.39, 0.29) is 5.54 Å². The third-order valence-corrected chi connectivity index (χ3v) is 3.60. The number of likely N-dealkylation sites (N-methyl/N-ethyl adjacent to an activating group) is 1. The van der Waals surface area contributed by atoms with E-state index in [0.29, 0.717) is 6.04 Å². The highest BCUT2D eigenvalue weighted by atomic mass is 16.5. The van der Waals surface area contributed by atoms with E-state index in [4.69, 9.17) is 4.74 Å². The third-order valence-electron chi connectivity index (χ3n) is 3.60. The van der Waals surface area contributed by atoms with Crippen molar-refractivity contribution in [3.05, 3.63) is 0 Å². The number of nitrogens with zero attached hydrogens (tertiary/aromatic N) is 1. The molecule has 0 bridgehead atoms. The summed E-state index contributed by atoms with van der Waals surface area (Å²) < 4.78 is 5.41. The third kappa shape index (κ3) is 3.16. The van der Waals surface area contributed by atoms with Crippen molar-refractivity contribution >= 4 is 0 Å².